The van der Waals surface area contributed by atoms with Gasteiger partial charge in [0.05, 0.1) is 5.56 Å². The number of nitrogens with one attached hydrogen (secondary N) is 1. The predicted octanol–water partition coefficient (Wildman–Crippen LogP) is 4.32. The third-order valence-electron chi connectivity index (χ3n) is 5.58. The molecule has 0 aromatic carbocycles. The van der Waals surface area contributed by atoms with Gasteiger partial charge in [0.2, 0.25) is 11.7 Å². The van der Waals surface area contributed by atoms with Crippen LogP contribution in [0.2, 0.25) is 0 Å². The first-order chi connectivity index (χ1) is 14.7. The van der Waals surface area contributed by atoms with Crippen molar-refractivity contribution in [2.24, 2.45) is 11.3 Å². The van der Waals surface area contributed by atoms with Crippen molar-refractivity contribution < 1.29 is 18.5 Å². The summed E-state index contributed by atoms with van der Waals surface area (Å²) in [6.07, 6.45) is 4.36. The summed E-state index contributed by atoms with van der Waals surface area (Å²) in [6, 6.07) is 3.06. The minimum atomic E-state index is -0.510. The number of hydrogen-bond acceptors (Lipinski definition) is 7. The number of carbonyl (C=O) groups excluding carboxylic acids is 2. The molecule has 0 radical (unpaired) electrons. The Labute approximate surface area is 180 Å². The van der Waals surface area contributed by atoms with Crippen molar-refractivity contribution in [1.29, 1.82) is 0 Å². The fourth-order valence-electron chi connectivity index (χ4n) is 4.00. The third-order valence-corrected chi connectivity index (χ3v) is 5.58. The summed E-state index contributed by atoms with van der Waals surface area (Å²) in [7, 11) is 0. The molecular weight excluding hydrogens is 396 g/mol. The highest BCUT2D eigenvalue weighted by atomic mass is 16.5. The topological polar surface area (TPSA) is 111 Å². The highest BCUT2D eigenvalue weighted by molar-refractivity contribution is 6.03. The molecule has 1 aliphatic rings. The van der Waals surface area contributed by atoms with Crippen molar-refractivity contribution in [3.05, 3.63) is 53.1 Å². The summed E-state index contributed by atoms with van der Waals surface area (Å²) < 4.78 is 11.3. The number of hydrogen-bond donors (Lipinski definition) is 1. The lowest BCUT2D eigenvalue weighted by Gasteiger charge is -2.27. The Kier molecular flexibility index (Phi) is 5.24. The Bertz CT molecular complexity index is 1130. The zero-order valence-corrected chi connectivity index (χ0v) is 18.4. The van der Waals surface area contributed by atoms with E-state index in [1.807, 2.05) is 27.7 Å². The van der Waals surface area contributed by atoms with Gasteiger partial charge in [-0.1, -0.05) is 32.9 Å². The zero-order chi connectivity index (χ0) is 22.3. The molecule has 1 aliphatic carbocycles. The molecule has 8 heteroatoms. The van der Waals surface area contributed by atoms with Gasteiger partial charge in [-0.15, -0.1) is 0 Å². The molecule has 3 heterocycles. The van der Waals surface area contributed by atoms with E-state index in [4.69, 9.17) is 8.94 Å². The van der Waals surface area contributed by atoms with Crippen molar-refractivity contribution in [2.45, 2.75) is 53.5 Å². The molecule has 0 saturated carbocycles. The Morgan fingerprint density at radius 2 is 1.90 bits per heavy atom. The van der Waals surface area contributed by atoms with E-state index in [-0.39, 0.29) is 22.9 Å². The van der Waals surface area contributed by atoms with Crippen LogP contribution in [0.5, 0.6) is 0 Å². The number of amides is 1. The summed E-state index contributed by atoms with van der Waals surface area (Å²) in [4.78, 5) is 34.2. The lowest BCUT2D eigenvalue weighted by atomic mass is 9.76. The number of pyridine rings is 1. The molecule has 31 heavy (non-hydrogen) atoms. The Morgan fingerprint density at radius 1 is 1.19 bits per heavy atom. The molecule has 0 spiro atoms. The van der Waals surface area contributed by atoms with E-state index in [0.29, 0.717) is 41.4 Å². The normalized spacial score (nSPS) is 16.3. The van der Waals surface area contributed by atoms with Crippen molar-refractivity contribution in [3.63, 3.8) is 0 Å². The van der Waals surface area contributed by atoms with Gasteiger partial charge >= 0.3 is 0 Å². The Morgan fingerprint density at radius 3 is 2.58 bits per heavy atom. The molecular formula is C23H26N4O4. The number of furan rings is 1. The molecule has 1 atom stereocenters. The van der Waals surface area contributed by atoms with E-state index in [9.17, 15) is 9.59 Å². The highest BCUT2D eigenvalue weighted by Crippen LogP contribution is 2.38. The largest absolute Gasteiger partial charge is 0.455 e. The second-order valence-electron chi connectivity index (χ2n) is 9.18. The number of carbonyl (C=O) groups is 2. The molecule has 0 saturated heterocycles. The Balaban J connectivity index is 1.60. The number of rotatable bonds is 5. The van der Waals surface area contributed by atoms with Gasteiger partial charge in [-0.05, 0) is 30.4 Å². The highest BCUT2D eigenvalue weighted by Gasteiger charge is 2.37. The molecule has 1 N–H and O–H groups in total. The molecule has 3 aromatic rings. The molecule has 0 fully saturated rings. The lowest BCUT2D eigenvalue weighted by molar-refractivity contribution is 0.0868. The molecule has 4 rings (SSSR count). The number of nitrogens with zero attached hydrogens (tertiary/aromatic N) is 3. The van der Waals surface area contributed by atoms with Gasteiger partial charge in [-0.25, -0.2) is 0 Å². The molecule has 8 nitrogen and oxygen atoms in total. The van der Waals surface area contributed by atoms with E-state index in [1.165, 1.54) is 0 Å². The minimum Gasteiger partial charge on any atom is -0.455 e. The van der Waals surface area contributed by atoms with Crippen molar-refractivity contribution >= 4 is 11.7 Å². The van der Waals surface area contributed by atoms with Crippen LogP contribution in [0.4, 0.5) is 0 Å². The summed E-state index contributed by atoms with van der Waals surface area (Å²) in [5.74, 6) is 1.08. The first-order valence-corrected chi connectivity index (χ1v) is 10.4. The van der Waals surface area contributed by atoms with E-state index in [0.717, 1.165) is 5.56 Å². The monoisotopic (exact) mass is 422 g/mol. The van der Waals surface area contributed by atoms with Crippen LogP contribution < -0.4 is 5.32 Å². The van der Waals surface area contributed by atoms with Gasteiger partial charge in [0.25, 0.3) is 5.91 Å². The van der Waals surface area contributed by atoms with Crippen LogP contribution in [0.3, 0.4) is 0 Å². The van der Waals surface area contributed by atoms with Gasteiger partial charge in [-0.3, -0.25) is 14.6 Å². The fourth-order valence-corrected chi connectivity index (χ4v) is 4.00. The first kappa shape index (κ1) is 21.0. The van der Waals surface area contributed by atoms with E-state index in [2.05, 4.69) is 20.4 Å². The van der Waals surface area contributed by atoms with Crippen molar-refractivity contribution in [3.8, 4) is 11.4 Å². The number of aromatic nitrogens is 3. The number of ketones is 1. The van der Waals surface area contributed by atoms with Gasteiger partial charge in [-0.2, -0.15) is 4.98 Å². The van der Waals surface area contributed by atoms with Crippen LogP contribution in [0, 0.1) is 18.3 Å². The van der Waals surface area contributed by atoms with Gasteiger partial charge in [0, 0.05) is 36.4 Å². The van der Waals surface area contributed by atoms with Gasteiger partial charge < -0.3 is 14.3 Å². The molecule has 1 amide bonds. The standard InChI is InChI=1S/C23H26N4O4/c1-12(2)18(22-26-20(27-31-22)14-6-8-24-9-7-14)25-21(29)19-13(3)17-15(28)10-23(4,5)11-16(17)30-19/h6-9,12,18H,10-11H2,1-5H3,(H,25,29). The predicted molar refractivity (Wildman–Crippen MR) is 112 cm³/mol. The molecule has 162 valence electrons. The molecule has 3 aromatic heterocycles. The molecule has 0 bridgehead atoms. The summed E-state index contributed by atoms with van der Waals surface area (Å²) in [5.41, 5.74) is 1.71. The maximum Gasteiger partial charge on any atom is 0.287 e. The fraction of sp³-hybridized carbons (Fsp3) is 0.435. The minimum absolute atomic E-state index is 0.0138. The van der Waals surface area contributed by atoms with E-state index in [1.54, 1.807) is 31.5 Å². The number of fused-ring (bicyclic) bond motifs is 1. The first-order valence-electron chi connectivity index (χ1n) is 10.4. The third kappa shape index (κ3) is 4.02. The summed E-state index contributed by atoms with van der Waals surface area (Å²) in [6.45, 7) is 9.71. The average Bonchev–Trinajstić information content (AvgIpc) is 3.30. The lowest BCUT2D eigenvalue weighted by Crippen LogP contribution is -2.32. The number of Topliss-reactive ketones (excluding diaryl/α,β-unsaturated/α-hetero) is 1. The van der Waals surface area contributed by atoms with Crippen LogP contribution in [0.1, 0.15) is 78.3 Å². The molecule has 0 aliphatic heterocycles. The van der Waals surface area contributed by atoms with E-state index < -0.39 is 11.9 Å². The van der Waals surface area contributed by atoms with Crippen LogP contribution in [-0.2, 0) is 6.42 Å². The maximum atomic E-state index is 13.1. The van der Waals surface area contributed by atoms with Crippen molar-refractivity contribution in [2.75, 3.05) is 0 Å². The van der Waals surface area contributed by atoms with Crippen LogP contribution in [-0.4, -0.2) is 26.8 Å². The molecule has 1 unspecified atom stereocenters. The summed E-state index contributed by atoms with van der Waals surface area (Å²) in [5, 5.41) is 6.98. The second kappa shape index (κ2) is 7.76. The van der Waals surface area contributed by atoms with Crippen LogP contribution in [0.25, 0.3) is 11.4 Å². The zero-order valence-electron chi connectivity index (χ0n) is 18.4. The van der Waals surface area contributed by atoms with E-state index >= 15 is 0 Å². The summed E-state index contributed by atoms with van der Waals surface area (Å²) >= 11 is 0. The quantitative estimate of drug-likeness (QED) is 0.652. The second-order valence-corrected chi connectivity index (χ2v) is 9.18. The van der Waals surface area contributed by atoms with Gasteiger partial charge in [0.1, 0.15) is 11.8 Å². The maximum absolute atomic E-state index is 13.1. The SMILES string of the molecule is Cc1c(C(=O)NC(c2nc(-c3ccncc3)no2)C(C)C)oc2c1C(=O)CC(C)(C)C2. The van der Waals surface area contributed by atoms with Crippen molar-refractivity contribution in [1.82, 2.24) is 20.4 Å². The van der Waals surface area contributed by atoms with Gasteiger partial charge in [0.15, 0.2) is 11.5 Å². The average molecular weight is 422 g/mol. The van der Waals surface area contributed by atoms with Crippen LogP contribution in [0.15, 0.2) is 33.5 Å². The van der Waals surface area contributed by atoms with Crippen LogP contribution >= 0.6 is 0 Å². The Hall–Kier alpha value is -3.29. The smallest absolute Gasteiger partial charge is 0.287 e.